The molecular formula is C11H15NO3S2. The van der Waals surface area contributed by atoms with Crippen molar-refractivity contribution in [2.24, 2.45) is 0 Å². The van der Waals surface area contributed by atoms with E-state index < -0.39 is 5.97 Å². The minimum atomic E-state index is -0.886. The van der Waals surface area contributed by atoms with Gasteiger partial charge in [0.1, 0.15) is 0 Å². The number of carboxylic acids is 1. The van der Waals surface area contributed by atoms with Gasteiger partial charge in [0.2, 0.25) is 0 Å². The molecule has 0 saturated heterocycles. The fourth-order valence-corrected chi connectivity index (χ4v) is 2.51. The van der Waals surface area contributed by atoms with Crippen molar-refractivity contribution in [1.29, 1.82) is 0 Å². The molecule has 6 heteroatoms. The minimum absolute atomic E-state index is 0.0301. The number of carbonyl (C=O) groups is 2. The summed E-state index contributed by atoms with van der Waals surface area (Å²) in [6, 6.07) is 3.23. The first kappa shape index (κ1) is 14.1. The van der Waals surface area contributed by atoms with Crippen LogP contribution < -0.4 is 5.32 Å². The fourth-order valence-electron chi connectivity index (χ4n) is 1.36. The molecule has 0 fully saturated rings. The molecule has 0 aliphatic heterocycles. The molecule has 0 spiro atoms. The molecular weight excluding hydrogens is 258 g/mol. The van der Waals surface area contributed by atoms with Gasteiger partial charge in [-0.05, 0) is 29.9 Å². The second-order valence-electron chi connectivity index (χ2n) is 3.53. The first-order valence-corrected chi connectivity index (χ1v) is 7.46. The highest BCUT2D eigenvalue weighted by Gasteiger charge is 2.16. The first-order valence-electron chi connectivity index (χ1n) is 5.18. The van der Waals surface area contributed by atoms with E-state index in [4.69, 9.17) is 5.11 Å². The van der Waals surface area contributed by atoms with E-state index in [0.717, 1.165) is 5.75 Å². The largest absolute Gasteiger partial charge is 0.481 e. The van der Waals surface area contributed by atoms with Crippen LogP contribution in [-0.2, 0) is 4.79 Å². The highest BCUT2D eigenvalue weighted by Crippen LogP contribution is 2.10. The van der Waals surface area contributed by atoms with Crippen molar-refractivity contribution >= 4 is 35.0 Å². The number of aliphatic carboxylic acids is 1. The summed E-state index contributed by atoms with van der Waals surface area (Å²) >= 11 is 2.99. The summed E-state index contributed by atoms with van der Waals surface area (Å²) in [5.74, 6) is -0.238. The van der Waals surface area contributed by atoms with Crippen molar-refractivity contribution in [3.05, 3.63) is 22.4 Å². The lowest BCUT2D eigenvalue weighted by atomic mass is 10.1. The molecule has 0 bridgehead atoms. The number of carboxylic acid groups (broad SMARTS) is 1. The maximum atomic E-state index is 11.8. The highest BCUT2D eigenvalue weighted by atomic mass is 32.2. The van der Waals surface area contributed by atoms with Crippen molar-refractivity contribution in [3.63, 3.8) is 0 Å². The van der Waals surface area contributed by atoms with Crippen LogP contribution in [-0.4, -0.2) is 35.0 Å². The van der Waals surface area contributed by atoms with Gasteiger partial charge in [-0.15, -0.1) is 11.3 Å². The zero-order chi connectivity index (χ0) is 12.7. The molecule has 0 saturated carbocycles. The standard InChI is InChI=1S/C11H15NO3S2/c1-16-6-4-8(7-10(13)14)12-11(15)9-3-2-5-17-9/h2-3,5,8H,4,6-7H2,1H3,(H,12,15)(H,13,14)/t8-/m0/s1. The van der Waals surface area contributed by atoms with Gasteiger partial charge in [-0.2, -0.15) is 11.8 Å². The normalized spacial score (nSPS) is 12.1. The van der Waals surface area contributed by atoms with Crippen LogP contribution in [0.15, 0.2) is 17.5 Å². The van der Waals surface area contributed by atoms with E-state index in [-0.39, 0.29) is 18.4 Å². The Hall–Kier alpha value is -1.01. The lowest BCUT2D eigenvalue weighted by Gasteiger charge is -2.15. The predicted octanol–water partition coefficient (Wildman–Crippen LogP) is 2.07. The van der Waals surface area contributed by atoms with E-state index in [1.165, 1.54) is 11.3 Å². The van der Waals surface area contributed by atoms with E-state index in [2.05, 4.69) is 5.32 Å². The van der Waals surface area contributed by atoms with Crippen LogP contribution >= 0.6 is 23.1 Å². The molecule has 0 unspecified atom stereocenters. The lowest BCUT2D eigenvalue weighted by Crippen LogP contribution is -2.36. The minimum Gasteiger partial charge on any atom is -0.481 e. The van der Waals surface area contributed by atoms with Crippen molar-refractivity contribution < 1.29 is 14.7 Å². The molecule has 0 aliphatic carbocycles. The molecule has 0 radical (unpaired) electrons. The summed E-state index contributed by atoms with van der Waals surface area (Å²) in [7, 11) is 0. The van der Waals surface area contributed by atoms with Crippen LogP contribution in [0.2, 0.25) is 0 Å². The van der Waals surface area contributed by atoms with Crippen molar-refractivity contribution in [2.75, 3.05) is 12.0 Å². The third kappa shape index (κ3) is 5.23. The number of hydrogen-bond acceptors (Lipinski definition) is 4. The third-order valence-corrected chi connectivity index (χ3v) is 3.68. The Balaban J connectivity index is 2.52. The number of amides is 1. The van der Waals surface area contributed by atoms with Gasteiger partial charge in [-0.1, -0.05) is 6.07 Å². The maximum Gasteiger partial charge on any atom is 0.305 e. The fraction of sp³-hybridized carbons (Fsp3) is 0.455. The molecule has 1 rings (SSSR count). The summed E-state index contributed by atoms with van der Waals surface area (Å²) in [5.41, 5.74) is 0. The van der Waals surface area contributed by atoms with Crippen LogP contribution in [0.1, 0.15) is 22.5 Å². The van der Waals surface area contributed by atoms with Crippen molar-refractivity contribution in [3.8, 4) is 0 Å². The summed E-state index contributed by atoms with van der Waals surface area (Å²) in [6.45, 7) is 0. The first-order chi connectivity index (χ1) is 8.13. The maximum absolute atomic E-state index is 11.8. The smallest absolute Gasteiger partial charge is 0.305 e. The summed E-state index contributed by atoms with van der Waals surface area (Å²) in [4.78, 5) is 23.1. The molecule has 1 aromatic heterocycles. The van der Waals surface area contributed by atoms with E-state index in [9.17, 15) is 9.59 Å². The number of hydrogen-bond donors (Lipinski definition) is 2. The zero-order valence-electron chi connectivity index (χ0n) is 9.51. The van der Waals surface area contributed by atoms with Crippen molar-refractivity contribution in [2.45, 2.75) is 18.9 Å². The Morgan fingerprint density at radius 1 is 1.59 bits per heavy atom. The molecule has 4 nitrogen and oxygen atoms in total. The average Bonchev–Trinajstić information content (AvgIpc) is 2.78. The van der Waals surface area contributed by atoms with Gasteiger partial charge >= 0.3 is 5.97 Å². The molecule has 0 aromatic carbocycles. The lowest BCUT2D eigenvalue weighted by molar-refractivity contribution is -0.137. The molecule has 1 amide bonds. The van der Waals surface area contributed by atoms with Crippen LogP contribution in [0.5, 0.6) is 0 Å². The summed E-state index contributed by atoms with van der Waals surface area (Å²) in [5, 5.41) is 13.4. The van der Waals surface area contributed by atoms with Crippen LogP contribution in [0.3, 0.4) is 0 Å². The molecule has 17 heavy (non-hydrogen) atoms. The Morgan fingerprint density at radius 3 is 2.88 bits per heavy atom. The van der Waals surface area contributed by atoms with Crippen LogP contribution in [0.25, 0.3) is 0 Å². The molecule has 1 heterocycles. The van der Waals surface area contributed by atoms with E-state index in [0.29, 0.717) is 11.3 Å². The van der Waals surface area contributed by atoms with Gasteiger partial charge in [-0.3, -0.25) is 9.59 Å². The molecule has 0 aliphatic rings. The Labute approximate surface area is 108 Å². The van der Waals surface area contributed by atoms with Gasteiger partial charge in [0.05, 0.1) is 11.3 Å². The number of nitrogens with one attached hydrogen (secondary N) is 1. The highest BCUT2D eigenvalue weighted by molar-refractivity contribution is 7.98. The summed E-state index contributed by atoms with van der Waals surface area (Å²) < 4.78 is 0. The second-order valence-corrected chi connectivity index (χ2v) is 5.46. The predicted molar refractivity (Wildman–Crippen MR) is 70.8 cm³/mol. The molecule has 1 atom stereocenters. The van der Waals surface area contributed by atoms with Gasteiger partial charge < -0.3 is 10.4 Å². The number of carbonyl (C=O) groups excluding carboxylic acids is 1. The second kappa shape index (κ2) is 7.34. The Bertz CT molecular complexity index is 365. The quantitative estimate of drug-likeness (QED) is 0.798. The number of rotatable bonds is 7. The molecule has 94 valence electrons. The monoisotopic (exact) mass is 273 g/mol. The summed E-state index contributed by atoms with van der Waals surface area (Å²) in [6.07, 6.45) is 2.60. The number of thioether (sulfide) groups is 1. The molecule has 2 N–H and O–H groups in total. The van der Waals surface area contributed by atoms with E-state index in [1.54, 1.807) is 23.9 Å². The van der Waals surface area contributed by atoms with Crippen LogP contribution in [0, 0.1) is 0 Å². The Morgan fingerprint density at radius 2 is 2.35 bits per heavy atom. The van der Waals surface area contributed by atoms with Gasteiger partial charge in [-0.25, -0.2) is 0 Å². The average molecular weight is 273 g/mol. The van der Waals surface area contributed by atoms with E-state index in [1.807, 2.05) is 11.6 Å². The van der Waals surface area contributed by atoms with Gasteiger partial charge in [0, 0.05) is 6.04 Å². The van der Waals surface area contributed by atoms with Crippen molar-refractivity contribution in [1.82, 2.24) is 5.32 Å². The third-order valence-electron chi connectivity index (χ3n) is 2.17. The SMILES string of the molecule is CSCC[C@@H](CC(=O)O)NC(=O)c1cccs1. The zero-order valence-corrected chi connectivity index (χ0v) is 11.1. The Kier molecular flexibility index (Phi) is 6.07. The van der Waals surface area contributed by atoms with Gasteiger partial charge in [0.15, 0.2) is 0 Å². The van der Waals surface area contributed by atoms with E-state index >= 15 is 0 Å². The van der Waals surface area contributed by atoms with Crippen LogP contribution in [0.4, 0.5) is 0 Å². The number of thiophene rings is 1. The topological polar surface area (TPSA) is 66.4 Å². The molecule has 1 aromatic rings. The van der Waals surface area contributed by atoms with Gasteiger partial charge in [0.25, 0.3) is 5.91 Å².